The normalized spacial score (nSPS) is 16.0. The third-order valence-electron chi connectivity index (χ3n) is 4.04. The molecule has 2 N–H and O–H groups in total. The molecule has 0 unspecified atom stereocenters. The molecule has 2 aromatic rings. The van der Waals surface area contributed by atoms with Crippen LogP contribution in [-0.4, -0.2) is 27.9 Å². The lowest BCUT2D eigenvalue weighted by Gasteiger charge is -2.13. The summed E-state index contributed by atoms with van der Waals surface area (Å²) in [7, 11) is -7.44. The number of sulfonamides is 2. The largest absolute Gasteiger partial charge is 0.278 e. The number of nitrogens with one attached hydrogen (secondary N) is 2. The molecule has 0 saturated heterocycles. The number of rotatable bonds is 6. The minimum absolute atomic E-state index is 0.0174. The van der Waals surface area contributed by atoms with Gasteiger partial charge in [-0.1, -0.05) is 12.8 Å². The summed E-state index contributed by atoms with van der Waals surface area (Å²) in [6.45, 7) is 0. The lowest BCUT2D eigenvalue weighted by Crippen LogP contribution is -2.32. The molecule has 0 spiro atoms. The van der Waals surface area contributed by atoms with Gasteiger partial charge in [0.1, 0.15) is 0 Å². The molecule has 1 fully saturated rings. The SMILES string of the molecule is O=S(=O)(Nc1cccnc1)c1ccc(S(=O)(=O)NC2CCCC2)cc1. The molecule has 1 heterocycles. The van der Waals surface area contributed by atoms with Crippen LogP contribution in [0.15, 0.2) is 58.6 Å². The van der Waals surface area contributed by atoms with Crippen LogP contribution in [0.5, 0.6) is 0 Å². The third kappa shape index (κ3) is 4.36. The van der Waals surface area contributed by atoms with Gasteiger partial charge in [0.05, 0.1) is 21.7 Å². The van der Waals surface area contributed by atoms with Crippen molar-refractivity contribution in [1.82, 2.24) is 9.71 Å². The molecule has 0 aliphatic heterocycles. The molecule has 134 valence electrons. The van der Waals surface area contributed by atoms with Gasteiger partial charge in [-0.25, -0.2) is 21.6 Å². The summed E-state index contributed by atoms with van der Waals surface area (Å²) in [4.78, 5) is 3.88. The zero-order valence-electron chi connectivity index (χ0n) is 13.4. The Morgan fingerprint density at radius 1 is 0.880 bits per heavy atom. The Morgan fingerprint density at radius 3 is 2.04 bits per heavy atom. The van der Waals surface area contributed by atoms with Gasteiger partial charge in [0.2, 0.25) is 10.0 Å². The van der Waals surface area contributed by atoms with Gasteiger partial charge in [-0.2, -0.15) is 0 Å². The van der Waals surface area contributed by atoms with E-state index in [2.05, 4.69) is 14.4 Å². The first-order valence-electron chi connectivity index (χ1n) is 7.92. The summed E-state index contributed by atoms with van der Waals surface area (Å²) >= 11 is 0. The Hall–Kier alpha value is -1.97. The van der Waals surface area contributed by atoms with E-state index in [1.54, 1.807) is 12.1 Å². The van der Waals surface area contributed by atoms with Crippen molar-refractivity contribution in [1.29, 1.82) is 0 Å². The number of hydrogen-bond donors (Lipinski definition) is 2. The quantitative estimate of drug-likeness (QED) is 0.797. The summed E-state index contributed by atoms with van der Waals surface area (Å²) in [6, 6.07) is 8.31. The first-order valence-corrected chi connectivity index (χ1v) is 10.9. The van der Waals surface area contributed by atoms with Crippen molar-refractivity contribution >= 4 is 25.7 Å². The van der Waals surface area contributed by atoms with E-state index in [1.165, 1.54) is 36.7 Å². The summed E-state index contributed by atoms with van der Waals surface area (Å²) in [6.07, 6.45) is 6.63. The molecule has 1 aromatic heterocycles. The molecule has 0 radical (unpaired) electrons. The van der Waals surface area contributed by atoms with E-state index in [-0.39, 0.29) is 15.8 Å². The van der Waals surface area contributed by atoms with Gasteiger partial charge in [-0.15, -0.1) is 0 Å². The topological polar surface area (TPSA) is 105 Å². The molecular formula is C16H19N3O4S2. The zero-order valence-corrected chi connectivity index (χ0v) is 15.1. The van der Waals surface area contributed by atoms with E-state index in [0.29, 0.717) is 5.69 Å². The molecule has 1 aliphatic carbocycles. The van der Waals surface area contributed by atoms with Crippen LogP contribution in [0.25, 0.3) is 0 Å². The monoisotopic (exact) mass is 381 g/mol. The predicted molar refractivity (Wildman–Crippen MR) is 94.1 cm³/mol. The van der Waals surface area contributed by atoms with E-state index in [0.717, 1.165) is 25.7 Å². The van der Waals surface area contributed by atoms with Gasteiger partial charge >= 0.3 is 0 Å². The number of pyridine rings is 1. The molecule has 7 nitrogen and oxygen atoms in total. The highest BCUT2D eigenvalue weighted by Gasteiger charge is 2.23. The lowest BCUT2D eigenvalue weighted by atomic mass is 10.3. The summed E-state index contributed by atoms with van der Waals surface area (Å²) in [5.41, 5.74) is 0.335. The van der Waals surface area contributed by atoms with E-state index in [1.807, 2.05) is 0 Å². The third-order valence-corrected chi connectivity index (χ3v) is 6.97. The van der Waals surface area contributed by atoms with Gasteiger partial charge < -0.3 is 0 Å². The number of aromatic nitrogens is 1. The van der Waals surface area contributed by atoms with E-state index in [4.69, 9.17) is 0 Å². The number of anilines is 1. The first kappa shape index (κ1) is 17.8. The fourth-order valence-corrected chi connectivity index (χ4v) is 5.11. The maximum absolute atomic E-state index is 12.4. The molecule has 0 bridgehead atoms. The summed E-state index contributed by atoms with van der Waals surface area (Å²) < 4.78 is 54.5. The molecule has 3 rings (SSSR count). The second kappa shape index (κ2) is 7.11. The fraction of sp³-hybridized carbons (Fsp3) is 0.312. The maximum atomic E-state index is 12.4. The molecule has 1 aromatic carbocycles. The van der Waals surface area contributed by atoms with Crippen LogP contribution < -0.4 is 9.44 Å². The number of nitrogens with zero attached hydrogens (tertiary/aromatic N) is 1. The minimum Gasteiger partial charge on any atom is -0.278 e. The van der Waals surface area contributed by atoms with E-state index < -0.39 is 20.0 Å². The van der Waals surface area contributed by atoms with Crippen molar-refractivity contribution in [3.05, 3.63) is 48.8 Å². The zero-order chi connectivity index (χ0) is 17.9. The fourth-order valence-electron chi connectivity index (χ4n) is 2.77. The Balaban J connectivity index is 1.77. The smallest absolute Gasteiger partial charge is 0.261 e. The van der Waals surface area contributed by atoms with Crippen molar-refractivity contribution in [2.45, 2.75) is 41.5 Å². The predicted octanol–water partition coefficient (Wildman–Crippen LogP) is 2.10. The van der Waals surface area contributed by atoms with Crippen LogP contribution >= 0.6 is 0 Å². The second-order valence-corrected chi connectivity index (χ2v) is 9.32. The average Bonchev–Trinajstić information content (AvgIpc) is 3.08. The average molecular weight is 381 g/mol. The van der Waals surface area contributed by atoms with Gasteiger partial charge in [0.25, 0.3) is 10.0 Å². The Labute approximate surface area is 147 Å². The maximum Gasteiger partial charge on any atom is 0.261 e. The highest BCUT2D eigenvalue weighted by atomic mass is 32.2. The van der Waals surface area contributed by atoms with Crippen molar-refractivity contribution in [2.24, 2.45) is 0 Å². The van der Waals surface area contributed by atoms with Crippen LogP contribution in [0.4, 0.5) is 5.69 Å². The molecule has 0 amide bonds. The summed E-state index contributed by atoms with van der Waals surface area (Å²) in [5, 5.41) is 0. The van der Waals surface area contributed by atoms with Gasteiger partial charge in [0.15, 0.2) is 0 Å². The van der Waals surface area contributed by atoms with Crippen LogP contribution in [0.3, 0.4) is 0 Å². The Bertz CT molecular complexity index is 921. The van der Waals surface area contributed by atoms with Gasteiger partial charge in [-0.05, 0) is 49.2 Å². The van der Waals surface area contributed by atoms with Crippen molar-refractivity contribution < 1.29 is 16.8 Å². The molecule has 0 atom stereocenters. The van der Waals surface area contributed by atoms with Crippen LogP contribution in [-0.2, 0) is 20.0 Å². The van der Waals surface area contributed by atoms with Gasteiger partial charge in [-0.3, -0.25) is 9.71 Å². The highest BCUT2D eigenvalue weighted by molar-refractivity contribution is 7.92. The lowest BCUT2D eigenvalue weighted by molar-refractivity contribution is 0.552. The Kier molecular flexibility index (Phi) is 5.07. The Morgan fingerprint density at radius 2 is 1.48 bits per heavy atom. The van der Waals surface area contributed by atoms with Gasteiger partial charge in [0, 0.05) is 12.2 Å². The summed E-state index contributed by atoms with van der Waals surface area (Å²) in [5.74, 6) is 0. The molecule has 9 heteroatoms. The standard InChI is InChI=1S/C16H19N3O4S2/c20-24(21,18-13-4-1-2-5-13)15-7-9-16(10-8-15)25(22,23)19-14-6-3-11-17-12-14/h3,6-13,18-19H,1-2,4-5H2. The first-order chi connectivity index (χ1) is 11.9. The number of benzene rings is 1. The van der Waals surface area contributed by atoms with Crippen molar-refractivity contribution in [3.63, 3.8) is 0 Å². The van der Waals surface area contributed by atoms with Crippen LogP contribution in [0, 0.1) is 0 Å². The van der Waals surface area contributed by atoms with E-state index in [9.17, 15) is 16.8 Å². The molecule has 1 saturated carbocycles. The van der Waals surface area contributed by atoms with Crippen LogP contribution in [0.2, 0.25) is 0 Å². The second-order valence-electron chi connectivity index (χ2n) is 5.92. The van der Waals surface area contributed by atoms with Crippen LogP contribution in [0.1, 0.15) is 25.7 Å². The van der Waals surface area contributed by atoms with Crippen molar-refractivity contribution in [3.8, 4) is 0 Å². The molecule has 25 heavy (non-hydrogen) atoms. The molecule has 1 aliphatic rings. The number of hydrogen-bond acceptors (Lipinski definition) is 5. The highest BCUT2D eigenvalue weighted by Crippen LogP contribution is 2.22. The van der Waals surface area contributed by atoms with Crippen molar-refractivity contribution in [2.75, 3.05) is 4.72 Å². The minimum atomic E-state index is -3.80. The molecular weight excluding hydrogens is 362 g/mol. The van der Waals surface area contributed by atoms with E-state index >= 15 is 0 Å².